The van der Waals surface area contributed by atoms with Crippen LogP contribution in [0.5, 0.6) is 5.75 Å². The minimum Gasteiger partial charge on any atom is -0.486 e. The number of ether oxygens (including phenoxy) is 1. The first-order valence-electron chi connectivity index (χ1n) is 8.41. The van der Waals surface area contributed by atoms with Gasteiger partial charge in [-0.25, -0.2) is 0 Å². The molecule has 2 heterocycles. The molecular formula is C18H23ClN2O2S. The van der Waals surface area contributed by atoms with Crippen molar-refractivity contribution in [1.82, 2.24) is 10.2 Å². The van der Waals surface area contributed by atoms with Gasteiger partial charge in [0, 0.05) is 37.5 Å². The number of benzene rings is 1. The summed E-state index contributed by atoms with van der Waals surface area (Å²) in [4.78, 5) is 14.9. The molecule has 1 aromatic carbocycles. The average molecular weight is 367 g/mol. The van der Waals surface area contributed by atoms with Gasteiger partial charge < -0.3 is 15.0 Å². The Morgan fingerprint density at radius 3 is 2.71 bits per heavy atom. The minimum atomic E-state index is -0.408. The van der Waals surface area contributed by atoms with Crippen molar-refractivity contribution in [1.29, 1.82) is 0 Å². The van der Waals surface area contributed by atoms with E-state index in [0.29, 0.717) is 22.8 Å². The maximum absolute atomic E-state index is 12.8. The van der Waals surface area contributed by atoms with Gasteiger partial charge in [-0.1, -0.05) is 11.6 Å². The molecule has 2 aliphatic heterocycles. The first-order chi connectivity index (χ1) is 11.4. The molecular weight excluding hydrogens is 344 g/mol. The summed E-state index contributed by atoms with van der Waals surface area (Å²) in [6.45, 7) is 8.31. The van der Waals surface area contributed by atoms with Crippen LogP contribution in [-0.2, 0) is 0 Å². The highest BCUT2D eigenvalue weighted by Gasteiger charge is 2.44. The maximum Gasteiger partial charge on any atom is 0.170 e. The van der Waals surface area contributed by atoms with E-state index in [-0.39, 0.29) is 5.78 Å². The van der Waals surface area contributed by atoms with Gasteiger partial charge in [-0.05, 0) is 50.2 Å². The predicted octanol–water partition coefficient (Wildman–Crippen LogP) is 3.65. The number of rotatable bonds is 1. The molecule has 1 saturated heterocycles. The molecule has 2 aliphatic rings. The summed E-state index contributed by atoms with van der Waals surface area (Å²) in [6.07, 6.45) is 2.01. The Morgan fingerprint density at radius 2 is 2.08 bits per heavy atom. The van der Waals surface area contributed by atoms with Crippen LogP contribution in [0, 0.1) is 13.8 Å². The smallest absolute Gasteiger partial charge is 0.170 e. The Kier molecular flexibility index (Phi) is 4.76. The van der Waals surface area contributed by atoms with E-state index in [1.54, 1.807) is 0 Å². The van der Waals surface area contributed by atoms with Gasteiger partial charge in [0.15, 0.2) is 10.9 Å². The molecule has 0 bridgehead atoms. The van der Waals surface area contributed by atoms with E-state index < -0.39 is 5.60 Å². The highest BCUT2D eigenvalue weighted by Crippen LogP contribution is 2.43. The van der Waals surface area contributed by atoms with Crippen LogP contribution in [0.4, 0.5) is 0 Å². The number of aryl methyl sites for hydroxylation is 1. The van der Waals surface area contributed by atoms with Crippen LogP contribution in [0.2, 0.25) is 5.02 Å². The van der Waals surface area contributed by atoms with Crippen molar-refractivity contribution in [3.05, 3.63) is 27.8 Å². The zero-order valence-electron chi connectivity index (χ0n) is 14.4. The molecule has 0 aromatic heterocycles. The lowest BCUT2D eigenvalue weighted by Crippen LogP contribution is -2.54. The Labute approximate surface area is 153 Å². The van der Waals surface area contributed by atoms with Crippen LogP contribution in [0.3, 0.4) is 0 Å². The van der Waals surface area contributed by atoms with E-state index in [0.717, 1.165) is 48.7 Å². The Hall–Kier alpha value is -1.33. The van der Waals surface area contributed by atoms with E-state index >= 15 is 0 Å². The number of carbonyl (C=O) groups is 1. The van der Waals surface area contributed by atoms with Gasteiger partial charge in [0.1, 0.15) is 11.4 Å². The van der Waals surface area contributed by atoms with Crippen LogP contribution >= 0.6 is 23.8 Å². The molecule has 0 radical (unpaired) electrons. The van der Waals surface area contributed by atoms with Crippen molar-refractivity contribution in [3.8, 4) is 5.75 Å². The Morgan fingerprint density at radius 1 is 1.42 bits per heavy atom. The van der Waals surface area contributed by atoms with Gasteiger partial charge >= 0.3 is 0 Å². The second-order valence-corrected chi connectivity index (χ2v) is 7.48. The monoisotopic (exact) mass is 366 g/mol. The number of Topliss-reactive ketones (excluding diaryl/α,β-unsaturated/α-hetero) is 1. The van der Waals surface area contributed by atoms with E-state index in [1.165, 1.54) is 0 Å². The number of fused-ring (bicyclic) bond motifs is 1. The summed E-state index contributed by atoms with van der Waals surface area (Å²) in [5, 5.41) is 4.63. The van der Waals surface area contributed by atoms with Crippen LogP contribution in [0.25, 0.3) is 0 Å². The zero-order chi connectivity index (χ0) is 17.5. The molecule has 3 rings (SSSR count). The highest BCUT2D eigenvalue weighted by molar-refractivity contribution is 7.80. The van der Waals surface area contributed by atoms with Crippen molar-refractivity contribution in [2.75, 3.05) is 19.6 Å². The van der Waals surface area contributed by atoms with Gasteiger partial charge in [0.25, 0.3) is 0 Å². The number of nitrogens with one attached hydrogen (secondary N) is 1. The molecule has 6 heteroatoms. The fourth-order valence-electron chi connectivity index (χ4n) is 3.66. The topological polar surface area (TPSA) is 41.6 Å². The molecule has 1 spiro atoms. The largest absolute Gasteiger partial charge is 0.486 e. The van der Waals surface area contributed by atoms with Gasteiger partial charge in [-0.15, -0.1) is 0 Å². The molecule has 1 aromatic rings. The number of nitrogens with zero attached hydrogens (tertiary/aromatic N) is 1. The second kappa shape index (κ2) is 6.52. The third-order valence-electron chi connectivity index (χ3n) is 5.02. The third-order valence-corrected chi connectivity index (χ3v) is 6.01. The number of piperidine rings is 1. The van der Waals surface area contributed by atoms with Crippen molar-refractivity contribution >= 4 is 34.7 Å². The average Bonchev–Trinajstić information content (AvgIpc) is 2.53. The molecule has 0 amide bonds. The number of thiocarbonyl (C=S) groups is 1. The predicted molar refractivity (Wildman–Crippen MR) is 100 cm³/mol. The molecule has 4 nitrogen and oxygen atoms in total. The van der Waals surface area contributed by atoms with E-state index in [4.69, 9.17) is 28.6 Å². The normalized spacial score (nSPS) is 19.0. The first-order valence-corrected chi connectivity index (χ1v) is 9.20. The molecule has 0 saturated carbocycles. The quantitative estimate of drug-likeness (QED) is 0.768. The summed E-state index contributed by atoms with van der Waals surface area (Å²) < 4.78 is 6.37. The number of hydrogen-bond donors (Lipinski definition) is 1. The lowest BCUT2D eigenvalue weighted by molar-refractivity contribution is 0.00349. The van der Waals surface area contributed by atoms with Gasteiger partial charge in [-0.3, -0.25) is 4.79 Å². The molecule has 1 N–H and O–H groups in total. The van der Waals surface area contributed by atoms with Gasteiger partial charge in [0.05, 0.1) is 12.0 Å². The molecule has 0 aliphatic carbocycles. The SMILES string of the molecule is CCNC(=S)N1CCC2(CC1)CC(=O)c1c(cc(C)c(Cl)c1C)O2. The summed E-state index contributed by atoms with van der Waals surface area (Å²) in [7, 11) is 0. The minimum absolute atomic E-state index is 0.137. The van der Waals surface area contributed by atoms with Crippen LogP contribution in [0.15, 0.2) is 6.07 Å². The van der Waals surface area contributed by atoms with E-state index in [9.17, 15) is 4.79 Å². The van der Waals surface area contributed by atoms with Crippen molar-refractivity contribution in [3.63, 3.8) is 0 Å². The van der Waals surface area contributed by atoms with Gasteiger partial charge in [-0.2, -0.15) is 0 Å². The third kappa shape index (κ3) is 3.00. The summed E-state index contributed by atoms with van der Waals surface area (Å²) in [5.74, 6) is 0.826. The van der Waals surface area contributed by atoms with E-state index in [2.05, 4.69) is 10.2 Å². The van der Waals surface area contributed by atoms with Gasteiger partial charge in [0.2, 0.25) is 0 Å². The Balaban J connectivity index is 1.82. The first kappa shape index (κ1) is 17.5. The number of likely N-dealkylation sites (tertiary alicyclic amines) is 1. The standard InChI is InChI=1S/C18H23ClN2O2S/c1-4-20-17(24)21-7-5-18(6-8-21)10-13(22)15-12(3)16(19)11(2)9-14(15)23-18/h9H,4-8,10H2,1-3H3,(H,20,24). The van der Waals surface area contributed by atoms with E-state index in [1.807, 2.05) is 26.8 Å². The summed E-state index contributed by atoms with van der Waals surface area (Å²) in [6, 6.07) is 1.90. The lowest BCUT2D eigenvalue weighted by atomic mass is 9.81. The second-order valence-electron chi connectivity index (χ2n) is 6.71. The lowest BCUT2D eigenvalue weighted by Gasteiger charge is -2.44. The van der Waals surface area contributed by atoms with Crippen molar-refractivity contribution in [2.24, 2.45) is 0 Å². The molecule has 0 atom stereocenters. The number of ketones is 1. The fourth-order valence-corrected chi connectivity index (χ4v) is 4.13. The Bertz CT molecular complexity index is 697. The number of carbonyl (C=O) groups excluding carboxylic acids is 1. The van der Waals surface area contributed by atoms with Crippen molar-refractivity contribution < 1.29 is 9.53 Å². The molecule has 1 fully saturated rings. The van der Waals surface area contributed by atoms with Crippen LogP contribution in [0.1, 0.15) is 47.7 Å². The summed E-state index contributed by atoms with van der Waals surface area (Å²) >= 11 is 11.7. The highest BCUT2D eigenvalue weighted by atomic mass is 35.5. The fraction of sp³-hybridized carbons (Fsp3) is 0.556. The number of halogens is 1. The number of hydrogen-bond acceptors (Lipinski definition) is 3. The molecule has 130 valence electrons. The summed E-state index contributed by atoms with van der Waals surface area (Å²) in [5.41, 5.74) is 2.03. The molecule has 0 unspecified atom stereocenters. The zero-order valence-corrected chi connectivity index (χ0v) is 15.9. The molecule has 24 heavy (non-hydrogen) atoms. The van der Waals surface area contributed by atoms with Crippen LogP contribution < -0.4 is 10.1 Å². The van der Waals surface area contributed by atoms with Crippen molar-refractivity contribution in [2.45, 2.75) is 45.6 Å². The maximum atomic E-state index is 12.8. The van der Waals surface area contributed by atoms with Crippen LogP contribution in [-0.4, -0.2) is 41.0 Å².